The van der Waals surface area contributed by atoms with Crippen LogP contribution in [0.15, 0.2) is 65.8 Å². The molecule has 10 heteroatoms. The van der Waals surface area contributed by atoms with Crippen LogP contribution in [0.4, 0.5) is 4.39 Å². The molecule has 0 unspecified atom stereocenters. The number of hydrogen-bond donors (Lipinski definition) is 3. The Labute approximate surface area is 211 Å². The van der Waals surface area contributed by atoms with Crippen LogP contribution in [0, 0.1) is 11.2 Å². The fourth-order valence-corrected chi connectivity index (χ4v) is 3.79. The summed E-state index contributed by atoms with van der Waals surface area (Å²) in [6.07, 6.45) is 4.38. The number of fused-ring (bicyclic) bond motifs is 1. The van der Waals surface area contributed by atoms with Crippen LogP contribution in [-0.4, -0.2) is 43.2 Å². The second kappa shape index (κ2) is 10.2. The quantitative estimate of drug-likeness (QED) is 0.335. The van der Waals surface area contributed by atoms with Gasteiger partial charge in [-0.25, -0.2) is 9.37 Å². The molecule has 0 saturated heterocycles. The van der Waals surface area contributed by atoms with Gasteiger partial charge >= 0.3 is 5.97 Å². The van der Waals surface area contributed by atoms with Gasteiger partial charge in [-0.1, -0.05) is 30.3 Å². The second-order valence-corrected chi connectivity index (χ2v) is 9.26. The zero-order chi connectivity index (χ0) is 26.7. The predicted octanol–water partition coefficient (Wildman–Crippen LogP) is 3.39. The van der Waals surface area contributed by atoms with E-state index >= 15 is 0 Å². The Kier molecular flexibility index (Phi) is 7.01. The summed E-state index contributed by atoms with van der Waals surface area (Å²) in [7, 11) is 0. The number of carboxylic acid groups (broad SMARTS) is 1. The number of aromatic hydroxyl groups is 1. The number of nitrogens with zero attached hydrogens (tertiary/aromatic N) is 3. The van der Waals surface area contributed by atoms with Crippen LogP contribution >= 0.6 is 0 Å². The smallest absolute Gasteiger partial charge is 0.310 e. The molecule has 0 radical (unpaired) electrons. The predicted molar refractivity (Wildman–Crippen MR) is 135 cm³/mol. The first-order valence-corrected chi connectivity index (χ1v) is 11.5. The highest BCUT2D eigenvalue weighted by Gasteiger charge is 2.29. The maximum absolute atomic E-state index is 14.0. The van der Waals surface area contributed by atoms with Gasteiger partial charge in [-0.3, -0.25) is 19.4 Å². The summed E-state index contributed by atoms with van der Waals surface area (Å²) >= 11 is 0. The van der Waals surface area contributed by atoms with Crippen LogP contribution in [0.2, 0.25) is 0 Å². The van der Waals surface area contributed by atoms with Crippen LogP contribution in [-0.2, 0) is 17.8 Å². The first-order valence-electron chi connectivity index (χ1n) is 11.5. The number of carbonyl (C=O) groups excluding carboxylic acids is 1. The molecule has 9 nitrogen and oxygen atoms in total. The molecule has 4 rings (SSSR count). The summed E-state index contributed by atoms with van der Waals surface area (Å²) in [4.78, 5) is 45.9. The number of benzene rings is 1. The molecule has 1 aromatic carbocycles. The van der Waals surface area contributed by atoms with Crippen LogP contribution < -0.4 is 10.9 Å². The molecule has 3 N–H and O–H groups in total. The van der Waals surface area contributed by atoms with E-state index in [-0.39, 0.29) is 28.6 Å². The number of halogens is 1. The average Bonchev–Trinajstić information content (AvgIpc) is 2.88. The maximum atomic E-state index is 14.0. The van der Waals surface area contributed by atoms with E-state index in [1.54, 1.807) is 0 Å². The van der Waals surface area contributed by atoms with E-state index in [0.29, 0.717) is 13.0 Å². The van der Waals surface area contributed by atoms with Crippen molar-refractivity contribution in [2.75, 3.05) is 6.54 Å². The summed E-state index contributed by atoms with van der Waals surface area (Å²) in [5.74, 6) is -3.17. The SMILES string of the molecule is CC(C)(CNC(=O)c1nc(-c2cncc(F)c2)c2c(=O)n(CCc3ccccc3)ccc2c1O)C(=O)O. The Bertz CT molecular complexity index is 1550. The van der Waals surface area contributed by atoms with Crippen molar-refractivity contribution in [3.63, 3.8) is 0 Å². The minimum absolute atomic E-state index is 0.00266. The summed E-state index contributed by atoms with van der Waals surface area (Å²) in [5, 5.41) is 22.8. The van der Waals surface area contributed by atoms with E-state index in [0.717, 1.165) is 17.8 Å². The summed E-state index contributed by atoms with van der Waals surface area (Å²) in [5.41, 5.74) is -1.03. The van der Waals surface area contributed by atoms with E-state index < -0.39 is 40.1 Å². The number of aryl methyl sites for hydroxylation is 2. The monoisotopic (exact) mass is 504 g/mol. The average molecular weight is 505 g/mol. The standard InChI is InChI=1S/C27H25FN4O5/c1-27(2,26(36)37)15-30-24(34)22-23(33)19-9-11-32(10-8-16-6-4-3-5-7-16)25(35)20(19)21(31-22)17-12-18(28)14-29-13-17/h3-7,9,11-14,33H,8,10,15H2,1-2H3,(H,30,34)(H,36,37). The number of pyridine rings is 3. The molecule has 0 aliphatic rings. The van der Waals surface area contributed by atoms with Crippen molar-refractivity contribution in [3.05, 3.63) is 88.5 Å². The topological polar surface area (TPSA) is 134 Å². The highest BCUT2D eigenvalue weighted by Crippen LogP contribution is 2.33. The Balaban J connectivity index is 1.83. The molecular formula is C27H25FN4O5. The number of rotatable bonds is 8. The molecular weight excluding hydrogens is 479 g/mol. The molecule has 0 aliphatic carbocycles. The fraction of sp³-hybridized carbons (Fsp3) is 0.222. The van der Waals surface area contributed by atoms with Gasteiger partial charge in [-0.05, 0) is 38.0 Å². The van der Waals surface area contributed by atoms with Crippen molar-refractivity contribution in [2.45, 2.75) is 26.8 Å². The number of aromatic nitrogens is 3. The van der Waals surface area contributed by atoms with E-state index in [1.807, 2.05) is 30.3 Å². The number of carboxylic acids is 1. The Morgan fingerprint density at radius 1 is 1.14 bits per heavy atom. The molecule has 4 aromatic rings. The number of aliphatic carboxylic acids is 1. The fourth-order valence-electron chi connectivity index (χ4n) is 3.79. The molecule has 3 aromatic heterocycles. The van der Waals surface area contributed by atoms with E-state index in [9.17, 15) is 29.0 Å². The molecule has 0 bridgehead atoms. The van der Waals surface area contributed by atoms with Crippen LogP contribution in [0.25, 0.3) is 22.0 Å². The number of carbonyl (C=O) groups is 2. The third-order valence-electron chi connectivity index (χ3n) is 6.05. The van der Waals surface area contributed by atoms with Gasteiger partial charge in [-0.2, -0.15) is 0 Å². The number of nitrogens with one attached hydrogen (secondary N) is 1. The van der Waals surface area contributed by atoms with Gasteiger partial charge in [0.15, 0.2) is 11.4 Å². The Hall–Kier alpha value is -4.60. The lowest BCUT2D eigenvalue weighted by atomic mass is 9.94. The van der Waals surface area contributed by atoms with Crippen molar-refractivity contribution in [3.8, 4) is 17.0 Å². The second-order valence-electron chi connectivity index (χ2n) is 9.26. The highest BCUT2D eigenvalue weighted by molar-refractivity contribution is 6.05. The lowest BCUT2D eigenvalue weighted by Crippen LogP contribution is -2.39. The molecule has 0 aliphatic heterocycles. The molecule has 37 heavy (non-hydrogen) atoms. The van der Waals surface area contributed by atoms with Gasteiger partial charge in [0.25, 0.3) is 11.5 Å². The molecule has 0 saturated carbocycles. The van der Waals surface area contributed by atoms with E-state index in [1.165, 1.54) is 36.9 Å². The zero-order valence-electron chi connectivity index (χ0n) is 20.2. The van der Waals surface area contributed by atoms with Crippen LogP contribution in [0.1, 0.15) is 29.9 Å². The van der Waals surface area contributed by atoms with Gasteiger partial charge in [-0.15, -0.1) is 0 Å². The van der Waals surface area contributed by atoms with Crippen molar-refractivity contribution in [1.29, 1.82) is 0 Å². The normalized spacial score (nSPS) is 11.4. The van der Waals surface area contributed by atoms with Crippen LogP contribution in [0.5, 0.6) is 5.75 Å². The first-order chi connectivity index (χ1) is 17.6. The van der Waals surface area contributed by atoms with Crippen LogP contribution in [0.3, 0.4) is 0 Å². The Morgan fingerprint density at radius 3 is 2.54 bits per heavy atom. The zero-order valence-corrected chi connectivity index (χ0v) is 20.2. The van der Waals surface area contributed by atoms with Crippen molar-refractivity contribution >= 4 is 22.6 Å². The van der Waals surface area contributed by atoms with Crippen molar-refractivity contribution in [2.24, 2.45) is 5.41 Å². The third kappa shape index (κ3) is 5.32. The van der Waals surface area contributed by atoms with Gasteiger partial charge in [0.1, 0.15) is 5.82 Å². The molecule has 190 valence electrons. The first kappa shape index (κ1) is 25.5. The van der Waals surface area contributed by atoms with Gasteiger partial charge < -0.3 is 20.1 Å². The van der Waals surface area contributed by atoms with Crippen molar-refractivity contribution < 1.29 is 24.2 Å². The molecule has 3 heterocycles. The summed E-state index contributed by atoms with van der Waals surface area (Å²) in [6, 6.07) is 12.2. The molecule has 0 spiro atoms. The minimum Gasteiger partial charge on any atom is -0.505 e. The molecule has 0 fully saturated rings. The third-order valence-corrected chi connectivity index (χ3v) is 6.05. The van der Waals surface area contributed by atoms with Gasteiger partial charge in [0.2, 0.25) is 0 Å². The minimum atomic E-state index is -1.27. The van der Waals surface area contributed by atoms with E-state index in [4.69, 9.17) is 0 Å². The lowest BCUT2D eigenvalue weighted by molar-refractivity contribution is -0.146. The Morgan fingerprint density at radius 2 is 1.86 bits per heavy atom. The molecule has 0 atom stereocenters. The largest absolute Gasteiger partial charge is 0.505 e. The number of hydrogen-bond acceptors (Lipinski definition) is 6. The van der Waals surface area contributed by atoms with Gasteiger partial charge in [0, 0.05) is 36.4 Å². The summed E-state index contributed by atoms with van der Waals surface area (Å²) < 4.78 is 15.5. The maximum Gasteiger partial charge on any atom is 0.310 e. The highest BCUT2D eigenvalue weighted by atomic mass is 19.1. The molecule has 1 amide bonds. The van der Waals surface area contributed by atoms with Crippen molar-refractivity contribution in [1.82, 2.24) is 19.9 Å². The van der Waals surface area contributed by atoms with Gasteiger partial charge in [0.05, 0.1) is 22.7 Å². The van der Waals surface area contributed by atoms with E-state index in [2.05, 4.69) is 15.3 Å². The summed E-state index contributed by atoms with van der Waals surface area (Å²) in [6.45, 7) is 2.97. The number of amides is 1. The lowest BCUT2D eigenvalue weighted by Gasteiger charge is -2.20.